The van der Waals surface area contributed by atoms with Gasteiger partial charge in [-0.15, -0.1) is 0 Å². The Bertz CT molecular complexity index is 448. The molecular formula is C15H23BrN2S. The van der Waals surface area contributed by atoms with Gasteiger partial charge < -0.3 is 10.2 Å². The molecular weight excluding hydrogens is 320 g/mol. The fraction of sp³-hybridized carbons (Fsp3) is 0.600. The standard InChI is InChI=1S/C15H23BrN2S/c1-11(17-4)13-6-5-12(16)9-14(13)18-7-8-19-15(2,3)10-18/h5-6,9,11,17H,7-8,10H2,1-4H3. The third-order valence-electron chi connectivity index (χ3n) is 3.66. The first kappa shape index (κ1) is 15.2. The van der Waals surface area contributed by atoms with Crippen LogP contribution < -0.4 is 10.2 Å². The van der Waals surface area contributed by atoms with Gasteiger partial charge in [0.25, 0.3) is 0 Å². The molecule has 2 nitrogen and oxygen atoms in total. The van der Waals surface area contributed by atoms with Gasteiger partial charge in [0.1, 0.15) is 0 Å². The molecule has 1 unspecified atom stereocenters. The number of hydrogen-bond donors (Lipinski definition) is 1. The van der Waals surface area contributed by atoms with Crippen LogP contribution in [0.3, 0.4) is 0 Å². The fourth-order valence-corrected chi connectivity index (χ4v) is 3.99. The van der Waals surface area contributed by atoms with Gasteiger partial charge in [-0.2, -0.15) is 11.8 Å². The molecule has 1 aliphatic heterocycles. The molecule has 0 amide bonds. The molecule has 1 heterocycles. The van der Waals surface area contributed by atoms with Gasteiger partial charge in [-0.3, -0.25) is 0 Å². The van der Waals surface area contributed by atoms with Crippen molar-refractivity contribution in [2.45, 2.75) is 31.6 Å². The minimum absolute atomic E-state index is 0.334. The van der Waals surface area contributed by atoms with Crippen LogP contribution in [0.15, 0.2) is 22.7 Å². The summed E-state index contributed by atoms with van der Waals surface area (Å²) >= 11 is 5.68. The second-order valence-corrected chi connectivity index (χ2v) is 8.46. The van der Waals surface area contributed by atoms with Gasteiger partial charge in [0.2, 0.25) is 0 Å². The topological polar surface area (TPSA) is 15.3 Å². The number of hydrogen-bond acceptors (Lipinski definition) is 3. The summed E-state index contributed by atoms with van der Waals surface area (Å²) in [5, 5.41) is 3.35. The number of rotatable bonds is 3. The van der Waals surface area contributed by atoms with E-state index >= 15 is 0 Å². The van der Waals surface area contributed by atoms with E-state index in [-0.39, 0.29) is 0 Å². The SMILES string of the molecule is CNC(C)c1ccc(Br)cc1N1CCSC(C)(C)C1. The van der Waals surface area contributed by atoms with E-state index in [2.05, 4.69) is 76.9 Å². The predicted octanol–water partition coefficient (Wildman–Crippen LogP) is 4.06. The molecule has 0 saturated carbocycles. The van der Waals surface area contributed by atoms with Crippen molar-refractivity contribution >= 4 is 33.4 Å². The van der Waals surface area contributed by atoms with Crippen LogP contribution in [-0.2, 0) is 0 Å². The molecule has 1 saturated heterocycles. The molecule has 1 fully saturated rings. The highest BCUT2D eigenvalue weighted by atomic mass is 79.9. The average Bonchev–Trinajstić information content (AvgIpc) is 2.36. The van der Waals surface area contributed by atoms with Crippen LogP contribution in [0.25, 0.3) is 0 Å². The molecule has 1 atom stereocenters. The van der Waals surface area contributed by atoms with E-state index in [9.17, 15) is 0 Å². The molecule has 106 valence electrons. The molecule has 1 aromatic rings. The highest BCUT2D eigenvalue weighted by molar-refractivity contribution is 9.10. The number of halogens is 1. The van der Waals surface area contributed by atoms with Crippen LogP contribution in [0.2, 0.25) is 0 Å². The highest BCUT2D eigenvalue weighted by Crippen LogP contribution is 2.36. The van der Waals surface area contributed by atoms with Crippen molar-refractivity contribution in [3.8, 4) is 0 Å². The molecule has 0 aromatic heterocycles. The number of nitrogens with one attached hydrogen (secondary N) is 1. The summed E-state index contributed by atoms with van der Waals surface area (Å²) in [6.07, 6.45) is 0. The maximum atomic E-state index is 3.61. The quantitative estimate of drug-likeness (QED) is 0.891. The highest BCUT2D eigenvalue weighted by Gasteiger charge is 2.28. The van der Waals surface area contributed by atoms with Crippen molar-refractivity contribution in [1.82, 2.24) is 5.32 Å². The molecule has 0 aliphatic carbocycles. The minimum Gasteiger partial charge on any atom is -0.369 e. The Morgan fingerprint density at radius 1 is 1.42 bits per heavy atom. The van der Waals surface area contributed by atoms with Crippen molar-refractivity contribution in [2.75, 3.05) is 30.8 Å². The number of thioether (sulfide) groups is 1. The van der Waals surface area contributed by atoms with Crippen LogP contribution in [0.1, 0.15) is 32.4 Å². The second-order valence-electron chi connectivity index (χ2n) is 5.74. The zero-order valence-electron chi connectivity index (χ0n) is 12.2. The summed E-state index contributed by atoms with van der Waals surface area (Å²) in [4.78, 5) is 2.53. The van der Waals surface area contributed by atoms with Gasteiger partial charge in [-0.25, -0.2) is 0 Å². The summed E-state index contributed by atoms with van der Waals surface area (Å²) in [7, 11) is 2.02. The van der Waals surface area contributed by atoms with E-state index in [0.29, 0.717) is 10.8 Å². The second kappa shape index (κ2) is 6.06. The third kappa shape index (κ3) is 3.67. The zero-order chi connectivity index (χ0) is 14.0. The Kier molecular flexibility index (Phi) is 4.85. The zero-order valence-corrected chi connectivity index (χ0v) is 14.6. The predicted molar refractivity (Wildman–Crippen MR) is 90.4 cm³/mol. The summed E-state index contributed by atoms with van der Waals surface area (Å²) < 4.78 is 1.49. The molecule has 0 radical (unpaired) electrons. The molecule has 19 heavy (non-hydrogen) atoms. The van der Waals surface area contributed by atoms with Crippen LogP contribution in [0.5, 0.6) is 0 Å². The van der Waals surface area contributed by atoms with Crippen LogP contribution in [-0.4, -0.2) is 30.6 Å². The maximum absolute atomic E-state index is 3.61. The van der Waals surface area contributed by atoms with Crippen LogP contribution in [0.4, 0.5) is 5.69 Å². The monoisotopic (exact) mass is 342 g/mol. The van der Waals surface area contributed by atoms with Gasteiger partial charge in [0.05, 0.1) is 0 Å². The Balaban J connectivity index is 2.34. The molecule has 1 aliphatic rings. The van der Waals surface area contributed by atoms with Gasteiger partial charge in [-0.1, -0.05) is 22.0 Å². The van der Waals surface area contributed by atoms with Gasteiger partial charge in [0.15, 0.2) is 0 Å². The van der Waals surface area contributed by atoms with Crippen molar-refractivity contribution in [1.29, 1.82) is 0 Å². The first-order valence-corrected chi connectivity index (χ1v) is 8.56. The summed E-state index contributed by atoms with van der Waals surface area (Å²) in [6.45, 7) is 9.13. The van der Waals surface area contributed by atoms with Crippen LogP contribution >= 0.6 is 27.7 Å². The van der Waals surface area contributed by atoms with E-state index in [1.807, 2.05) is 7.05 Å². The molecule has 0 bridgehead atoms. The average molecular weight is 343 g/mol. The van der Waals surface area contributed by atoms with Crippen molar-refractivity contribution < 1.29 is 0 Å². The van der Waals surface area contributed by atoms with E-state index in [0.717, 1.165) is 17.6 Å². The first-order chi connectivity index (χ1) is 8.93. The molecule has 4 heteroatoms. The van der Waals surface area contributed by atoms with E-state index in [1.165, 1.54) is 17.0 Å². The normalized spacial score (nSPS) is 20.4. The molecule has 2 rings (SSSR count). The first-order valence-electron chi connectivity index (χ1n) is 6.78. The fourth-order valence-electron chi connectivity index (χ4n) is 2.53. The summed E-state index contributed by atoms with van der Waals surface area (Å²) in [6, 6.07) is 7.00. The lowest BCUT2D eigenvalue weighted by molar-refractivity contribution is 0.624. The smallest absolute Gasteiger partial charge is 0.0426 e. The molecule has 1 aromatic carbocycles. The Hall–Kier alpha value is -0.190. The van der Waals surface area contributed by atoms with Gasteiger partial charge in [0, 0.05) is 39.8 Å². The van der Waals surface area contributed by atoms with E-state index < -0.39 is 0 Å². The molecule has 0 spiro atoms. The summed E-state index contributed by atoms with van der Waals surface area (Å²) in [5.41, 5.74) is 2.75. The van der Waals surface area contributed by atoms with Crippen molar-refractivity contribution in [3.05, 3.63) is 28.2 Å². The van der Waals surface area contributed by atoms with E-state index in [1.54, 1.807) is 0 Å². The Labute approximate surface area is 129 Å². The Morgan fingerprint density at radius 2 is 2.16 bits per heavy atom. The Morgan fingerprint density at radius 3 is 2.79 bits per heavy atom. The summed E-state index contributed by atoms with van der Waals surface area (Å²) in [5.74, 6) is 1.20. The number of anilines is 1. The lowest BCUT2D eigenvalue weighted by Crippen LogP contribution is -2.43. The number of benzene rings is 1. The van der Waals surface area contributed by atoms with E-state index in [4.69, 9.17) is 0 Å². The number of nitrogens with zero attached hydrogens (tertiary/aromatic N) is 1. The minimum atomic E-state index is 0.334. The largest absolute Gasteiger partial charge is 0.369 e. The third-order valence-corrected chi connectivity index (χ3v) is 5.45. The van der Waals surface area contributed by atoms with Crippen molar-refractivity contribution in [2.24, 2.45) is 0 Å². The lowest BCUT2D eigenvalue weighted by Gasteiger charge is -2.40. The molecule has 1 N–H and O–H groups in total. The van der Waals surface area contributed by atoms with Gasteiger partial charge in [-0.05, 0) is 45.5 Å². The van der Waals surface area contributed by atoms with Crippen molar-refractivity contribution in [3.63, 3.8) is 0 Å². The van der Waals surface area contributed by atoms with Crippen LogP contribution in [0, 0.1) is 0 Å². The lowest BCUT2D eigenvalue weighted by atomic mass is 10.0. The van der Waals surface area contributed by atoms with Gasteiger partial charge >= 0.3 is 0 Å². The maximum Gasteiger partial charge on any atom is 0.0426 e.